The molecule has 3 N–H and O–H groups in total. The Labute approximate surface area is 109 Å². The van der Waals surface area contributed by atoms with Gasteiger partial charge in [-0.15, -0.1) is 0 Å². The van der Waals surface area contributed by atoms with Crippen LogP contribution in [0.3, 0.4) is 0 Å². The highest BCUT2D eigenvalue weighted by Gasteiger charge is 2.31. The molecule has 0 aromatic rings. The number of nitrogens with one attached hydrogen (secondary N) is 1. The molecule has 5 nitrogen and oxygen atoms in total. The molecule has 2 rings (SSSR count). The highest BCUT2D eigenvalue weighted by molar-refractivity contribution is 5.79. The van der Waals surface area contributed by atoms with Gasteiger partial charge < -0.3 is 15.8 Å². The smallest absolute Gasteiger partial charge is 0.223 e. The van der Waals surface area contributed by atoms with Gasteiger partial charge in [-0.05, 0) is 25.3 Å². The first kappa shape index (κ1) is 13.8. The maximum atomic E-state index is 12.0. The van der Waals surface area contributed by atoms with E-state index in [1.165, 1.54) is 0 Å². The summed E-state index contributed by atoms with van der Waals surface area (Å²) >= 11 is 0. The van der Waals surface area contributed by atoms with Crippen LogP contribution < -0.4 is 11.1 Å². The topological polar surface area (TPSA) is 67.6 Å². The number of nitrogens with zero attached hydrogens (tertiary/aromatic N) is 1. The van der Waals surface area contributed by atoms with Crippen LogP contribution in [0.1, 0.15) is 19.3 Å². The number of rotatable bonds is 5. The minimum absolute atomic E-state index is 0.152. The van der Waals surface area contributed by atoms with E-state index in [0.717, 1.165) is 58.7 Å². The molecule has 0 aromatic heterocycles. The second-order valence-corrected chi connectivity index (χ2v) is 5.28. The molecule has 1 heterocycles. The third-order valence-electron chi connectivity index (χ3n) is 4.13. The molecule has 18 heavy (non-hydrogen) atoms. The van der Waals surface area contributed by atoms with E-state index >= 15 is 0 Å². The number of ether oxygens (including phenoxy) is 1. The number of amides is 1. The first-order valence-electron chi connectivity index (χ1n) is 7.09. The van der Waals surface area contributed by atoms with Gasteiger partial charge in [-0.1, -0.05) is 6.42 Å². The molecule has 0 bridgehead atoms. The minimum Gasteiger partial charge on any atom is -0.379 e. The number of carbonyl (C=O) groups excluding carboxylic acids is 1. The standard InChI is InChI=1S/C13H25N3O2/c14-10-11-2-1-3-12(11)13(17)15-4-5-16-6-8-18-9-7-16/h11-12H,1-10,14H2,(H,15,17). The quantitative estimate of drug-likeness (QED) is 0.714. The van der Waals surface area contributed by atoms with Crippen LogP contribution in [-0.2, 0) is 9.53 Å². The van der Waals surface area contributed by atoms with E-state index in [9.17, 15) is 4.79 Å². The highest BCUT2D eigenvalue weighted by Crippen LogP contribution is 2.30. The molecule has 1 amide bonds. The average Bonchev–Trinajstić information content (AvgIpc) is 2.88. The Kier molecular flexibility index (Phi) is 5.41. The fraction of sp³-hybridized carbons (Fsp3) is 0.923. The SMILES string of the molecule is NCC1CCCC1C(=O)NCCN1CCOCC1. The molecular weight excluding hydrogens is 230 g/mol. The van der Waals surface area contributed by atoms with Gasteiger partial charge in [0.2, 0.25) is 5.91 Å². The van der Waals surface area contributed by atoms with Crippen LogP contribution in [0.15, 0.2) is 0 Å². The van der Waals surface area contributed by atoms with Crippen molar-refractivity contribution in [3.05, 3.63) is 0 Å². The Morgan fingerprint density at radius 1 is 1.33 bits per heavy atom. The molecule has 0 aromatic carbocycles. The van der Waals surface area contributed by atoms with Gasteiger partial charge in [0, 0.05) is 32.1 Å². The molecule has 2 atom stereocenters. The number of hydrogen-bond acceptors (Lipinski definition) is 4. The molecule has 1 aliphatic heterocycles. The van der Waals surface area contributed by atoms with Crippen molar-refractivity contribution in [3.8, 4) is 0 Å². The summed E-state index contributed by atoms with van der Waals surface area (Å²) in [7, 11) is 0. The molecule has 0 radical (unpaired) electrons. The van der Waals surface area contributed by atoms with Gasteiger partial charge >= 0.3 is 0 Å². The Hall–Kier alpha value is -0.650. The van der Waals surface area contributed by atoms with E-state index in [1.54, 1.807) is 0 Å². The predicted octanol–water partition coefficient (Wildman–Crippen LogP) is -0.190. The molecule has 1 aliphatic carbocycles. The zero-order valence-corrected chi connectivity index (χ0v) is 11.1. The fourth-order valence-electron chi connectivity index (χ4n) is 2.96. The number of morpholine rings is 1. The summed E-state index contributed by atoms with van der Waals surface area (Å²) < 4.78 is 5.29. The summed E-state index contributed by atoms with van der Waals surface area (Å²) in [6.45, 7) is 5.89. The number of nitrogens with two attached hydrogens (primary N) is 1. The van der Waals surface area contributed by atoms with Crippen LogP contribution in [-0.4, -0.2) is 56.7 Å². The monoisotopic (exact) mass is 255 g/mol. The maximum Gasteiger partial charge on any atom is 0.223 e. The molecule has 2 unspecified atom stereocenters. The second kappa shape index (κ2) is 7.07. The van der Waals surface area contributed by atoms with Crippen molar-refractivity contribution >= 4 is 5.91 Å². The van der Waals surface area contributed by atoms with Crippen LogP contribution in [0.5, 0.6) is 0 Å². The molecule has 2 aliphatic rings. The van der Waals surface area contributed by atoms with Gasteiger partial charge in [-0.2, -0.15) is 0 Å². The van der Waals surface area contributed by atoms with E-state index in [2.05, 4.69) is 10.2 Å². The van der Waals surface area contributed by atoms with Crippen LogP contribution in [0.25, 0.3) is 0 Å². The Morgan fingerprint density at radius 2 is 2.11 bits per heavy atom. The summed E-state index contributed by atoms with van der Waals surface area (Å²) in [6.07, 6.45) is 3.26. The van der Waals surface area contributed by atoms with E-state index in [-0.39, 0.29) is 11.8 Å². The van der Waals surface area contributed by atoms with Crippen molar-refractivity contribution < 1.29 is 9.53 Å². The summed E-state index contributed by atoms with van der Waals surface area (Å²) in [5.41, 5.74) is 5.71. The van der Waals surface area contributed by atoms with Crippen molar-refractivity contribution in [3.63, 3.8) is 0 Å². The third kappa shape index (κ3) is 3.67. The van der Waals surface area contributed by atoms with Gasteiger partial charge in [-0.25, -0.2) is 0 Å². The molecule has 5 heteroatoms. The van der Waals surface area contributed by atoms with Crippen molar-refractivity contribution in [2.75, 3.05) is 45.9 Å². The minimum atomic E-state index is 0.152. The normalized spacial score (nSPS) is 29.4. The summed E-state index contributed by atoms with van der Waals surface area (Å²) in [5, 5.41) is 3.06. The number of carbonyl (C=O) groups is 1. The van der Waals surface area contributed by atoms with Crippen molar-refractivity contribution in [2.24, 2.45) is 17.6 Å². The zero-order valence-electron chi connectivity index (χ0n) is 11.1. The Bertz CT molecular complexity index is 267. The lowest BCUT2D eigenvalue weighted by Gasteiger charge is -2.27. The molecule has 0 spiro atoms. The first-order valence-corrected chi connectivity index (χ1v) is 7.09. The van der Waals surface area contributed by atoms with E-state index < -0.39 is 0 Å². The van der Waals surface area contributed by atoms with Crippen LogP contribution in [0, 0.1) is 11.8 Å². The van der Waals surface area contributed by atoms with Crippen LogP contribution >= 0.6 is 0 Å². The lowest BCUT2D eigenvalue weighted by atomic mass is 9.95. The van der Waals surface area contributed by atoms with Gasteiger partial charge in [0.15, 0.2) is 0 Å². The second-order valence-electron chi connectivity index (χ2n) is 5.28. The summed E-state index contributed by atoms with van der Waals surface area (Å²) in [4.78, 5) is 14.4. The van der Waals surface area contributed by atoms with Crippen LogP contribution in [0.2, 0.25) is 0 Å². The maximum absolute atomic E-state index is 12.0. The third-order valence-corrected chi connectivity index (χ3v) is 4.13. The lowest BCUT2D eigenvalue weighted by molar-refractivity contribution is -0.126. The molecule has 1 saturated heterocycles. The Morgan fingerprint density at radius 3 is 2.83 bits per heavy atom. The molecular formula is C13H25N3O2. The van der Waals surface area contributed by atoms with E-state index in [4.69, 9.17) is 10.5 Å². The summed E-state index contributed by atoms with van der Waals surface area (Å²) in [6, 6.07) is 0. The average molecular weight is 255 g/mol. The van der Waals surface area contributed by atoms with Crippen molar-refractivity contribution in [1.82, 2.24) is 10.2 Å². The highest BCUT2D eigenvalue weighted by atomic mass is 16.5. The van der Waals surface area contributed by atoms with E-state index in [0.29, 0.717) is 12.5 Å². The van der Waals surface area contributed by atoms with Gasteiger partial charge in [0.1, 0.15) is 0 Å². The van der Waals surface area contributed by atoms with Crippen LogP contribution in [0.4, 0.5) is 0 Å². The molecule has 1 saturated carbocycles. The lowest BCUT2D eigenvalue weighted by Crippen LogP contribution is -2.43. The van der Waals surface area contributed by atoms with Gasteiger partial charge in [-0.3, -0.25) is 9.69 Å². The Balaban J connectivity index is 1.64. The zero-order chi connectivity index (χ0) is 12.8. The largest absolute Gasteiger partial charge is 0.379 e. The van der Waals surface area contributed by atoms with Crippen molar-refractivity contribution in [1.29, 1.82) is 0 Å². The number of hydrogen-bond donors (Lipinski definition) is 2. The van der Waals surface area contributed by atoms with E-state index in [1.807, 2.05) is 0 Å². The molecule has 104 valence electrons. The van der Waals surface area contributed by atoms with Crippen molar-refractivity contribution in [2.45, 2.75) is 19.3 Å². The first-order chi connectivity index (χ1) is 8.81. The predicted molar refractivity (Wildman–Crippen MR) is 70.2 cm³/mol. The fourth-order valence-corrected chi connectivity index (χ4v) is 2.96. The summed E-state index contributed by atoms with van der Waals surface area (Å²) in [5.74, 6) is 0.754. The van der Waals surface area contributed by atoms with Gasteiger partial charge in [0.25, 0.3) is 0 Å². The molecule has 2 fully saturated rings. The van der Waals surface area contributed by atoms with Gasteiger partial charge in [0.05, 0.1) is 13.2 Å².